The molecule has 2 unspecified atom stereocenters. The quantitative estimate of drug-likeness (QED) is 0.807. The highest BCUT2D eigenvalue weighted by molar-refractivity contribution is 14.1. The van der Waals surface area contributed by atoms with Crippen molar-refractivity contribution >= 4 is 22.6 Å². The summed E-state index contributed by atoms with van der Waals surface area (Å²) in [7, 11) is 0. The summed E-state index contributed by atoms with van der Waals surface area (Å²) in [6.45, 7) is 7.90. The molecule has 1 aliphatic rings. The molecule has 0 heterocycles. The Morgan fingerprint density at radius 3 is 2.83 bits per heavy atom. The van der Waals surface area contributed by atoms with Gasteiger partial charge in [-0.2, -0.15) is 0 Å². The fraction of sp³-hybridized carbons (Fsp3) is 0.600. The molecule has 1 aromatic carbocycles. The maximum absolute atomic E-state index is 6.11. The van der Waals surface area contributed by atoms with Gasteiger partial charge >= 0.3 is 0 Å². The van der Waals surface area contributed by atoms with E-state index in [1.54, 1.807) is 0 Å². The Kier molecular flexibility index (Phi) is 4.54. The van der Waals surface area contributed by atoms with Crippen molar-refractivity contribution in [3.8, 4) is 5.75 Å². The van der Waals surface area contributed by atoms with Crippen molar-refractivity contribution in [2.75, 3.05) is 6.54 Å². The molecule has 0 aliphatic heterocycles. The van der Waals surface area contributed by atoms with Crippen molar-refractivity contribution in [1.29, 1.82) is 0 Å². The Morgan fingerprint density at radius 1 is 1.44 bits per heavy atom. The van der Waals surface area contributed by atoms with Crippen LogP contribution in [0.2, 0.25) is 0 Å². The number of halogens is 1. The molecule has 0 amide bonds. The van der Waals surface area contributed by atoms with Crippen LogP contribution in [0.15, 0.2) is 24.3 Å². The molecule has 2 rings (SSSR count). The molecule has 100 valence electrons. The van der Waals surface area contributed by atoms with Gasteiger partial charge in [-0.3, -0.25) is 0 Å². The van der Waals surface area contributed by atoms with E-state index >= 15 is 0 Å². The lowest BCUT2D eigenvalue weighted by Crippen LogP contribution is -2.62. The van der Waals surface area contributed by atoms with Gasteiger partial charge in [-0.05, 0) is 53.8 Å². The SMILES string of the molecule is CCCNC1CC(Oc2cccc(I)c2)C1(C)C. The zero-order valence-corrected chi connectivity index (χ0v) is 13.5. The summed E-state index contributed by atoms with van der Waals surface area (Å²) in [6, 6.07) is 8.87. The normalized spacial score (nSPS) is 25.6. The van der Waals surface area contributed by atoms with Gasteiger partial charge in [-0.1, -0.05) is 26.8 Å². The van der Waals surface area contributed by atoms with Gasteiger partial charge in [0, 0.05) is 21.4 Å². The van der Waals surface area contributed by atoms with Crippen LogP contribution >= 0.6 is 22.6 Å². The van der Waals surface area contributed by atoms with Crippen molar-refractivity contribution in [3.63, 3.8) is 0 Å². The lowest BCUT2D eigenvalue weighted by molar-refractivity contribution is -0.0546. The maximum Gasteiger partial charge on any atom is 0.120 e. The van der Waals surface area contributed by atoms with E-state index in [1.807, 2.05) is 6.07 Å². The van der Waals surface area contributed by atoms with Crippen LogP contribution in [0, 0.1) is 8.99 Å². The predicted molar refractivity (Wildman–Crippen MR) is 84.1 cm³/mol. The van der Waals surface area contributed by atoms with Crippen molar-refractivity contribution in [2.45, 2.75) is 45.8 Å². The number of ether oxygens (including phenoxy) is 1. The lowest BCUT2D eigenvalue weighted by Gasteiger charge is -2.51. The second-order valence-corrected chi connectivity index (χ2v) is 6.87. The summed E-state index contributed by atoms with van der Waals surface area (Å²) in [4.78, 5) is 0. The van der Waals surface area contributed by atoms with E-state index in [4.69, 9.17) is 4.74 Å². The minimum absolute atomic E-state index is 0.219. The highest BCUT2D eigenvalue weighted by Crippen LogP contribution is 2.43. The third-order valence-electron chi connectivity index (χ3n) is 3.89. The van der Waals surface area contributed by atoms with Crippen molar-refractivity contribution in [3.05, 3.63) is 27.8 Å². The van der Waals surface area contributed by atoms with E-state index < -0.39 is 0 Å². The maximum atomic E-state index is 6.11. The molecule has 1 fully saturated rings. The van der Waals surface area contributed by atoms with Crippen LogP contribution < -0.4 is 10.1 Å². The number of nitrogens with one attached hydrogen (secondary N) is 1. The molecule has 0 aromatic heterocycles. The first kappa shape index (κ1) is 14.1. The largest absolute Gasteiger partial charge is 0.490 e. The summed E-state index contributed by atoms with van der Waals surface area (Å²) < 4.78 is 7.34. The summed E-state index contributed by atoms with van der Waals surface area (Å²) in [5.41, 5.74) is 0.219. The Morgan fingerprint density at radius 2 is 2.22 bits per heavy atom. The molecule has 1 N–H and O–H groups in total. The second-order valence-electron chi connectivity index (χ2n) is 5.63. The first-order valence-electron chi connectivity index (χ1n) is 6.69. The van der Waals surface area contributed by atoms with Crippen LogP contribution in [-0.4, -0.2) is 18.7 Å². The van der Waals surface area contributed by atoms with Gasteiger partial charge in [0.25, 0.3) is 0 Å². The molecule has 1 aromatic rings. The van der Waals surface area contributed by atoms with Crippen molar-refractivity contribution in [2.24, 2.45) is 5.41 Å². The molecule has 1 aliphatic carbocycles. The Bertz CT molecular complexity index is 405. The summed E-state index contributed by atoms with van der Waals surface area (Å²) in [5.74, 6) is 0.994. The predicted octanol–water partition coefficient (Wildman–Crippen LogP) is 3.84. The number of rotatable bonds is 5. The van der Waals surface area contributed by atoms with Crippen molar-refractivity contribution in [1.82, 2.24) is 5.32 Å². The fourth-order valence-electron chi connectivity index (χ4n) is 2.45. The highest BCUT2D eigenvalue weighted by atomic mass is 127. The Balaban J connectivity index is 1.93. The average Bonchev–Trinajstić information content (AvgIpc) is 2.33. The van der Waals surface area contributed by atoms with Gasteiger partial charge in [-0.15, -0.1) is 0 Å². The van der Waals surface area contributed by atoms with Crippen LogP contribution in [0.5, 0.6) is 5.75 Å². The van der Waals surface area contributed by atoms with Crippen LogP contribution in [0.1, 0.15) is 33.6 Å². The Hall–Kier alpha value is -0.290. The molecule has 0 bridgehead atoms. The zero-order chi connectivity index (χ0) is 13.2. The van der Waals surface area contributed by atoms with E-state index in [2.05, 4.69) is 66.9 Å². The zero-order valence-electron chi connectivity index (χ0n) is 11.4. The molecule has 3 heteroatoms. The Labute approximate surface area is 124 Å². The van der Waals surface area contributed by atoms with Gasteiger partial charge in [-0.25, -0.2) is 0 Å². The standard InChI is InChI=1S/C15H22INO/c1-4-8-17-13-10-14(15(13,2)3)18-12-7-5-6-11(16)9-12/h5-7,9,13-14,17H,4,8,10H2,1-3H3. The van der Waals surface area contributed by atoms with Crippen molar-refractivity contribution < 1.29 is 4.74 Å². The lowest BCUT2D eigenvalue weighted by atomic mass is 9.64. The van der Waals surface area contributed by atoms with E-state index in [0.717, 1.165) is 18.7 Å². The second kappa shape index (κ2) is 5.78. The topological polar surface area (TPSA) is 21.3 Å². The number of hydrogen-bond donors (Lipinski definition) is 1. The number of benzene rings is 1. The van der Waals surface area contributed by atoms with Crippen LogP contribution in [0.25, 0.3) is 0 Å². The van der Waals surface area contributed by atoms with E-state index in [-0.39, 0.29) is 5.41 Å². The van der Waals surface area contributed by atoms with Gasteiger partial charge in [0.2, 0.25) is 0 Å². The molecule has 1 saturated carbocycles. The number of hydrogen-bond acceptors (Lipinski definition) is 2. The minimum Gasteiger partial charge on any atom is -0.490 e. The molecule has 0 spiro atoms. The van der Waals surface area contributed by atoms with Gasteiger partial charge in [0.1, 0.15) is 11.9 Å². The molecule has 0 radical (unpaired) electrons. The first-order valence-corrected chi connectivity index (χ1v) is 7.77. The smallest absolute Gasteiger partial charge is 0.120 e. The first-order chi connectivity index (χ1) is 8.54. The van der Waals surface area contributed by atoms with Crippen LogP contribution in [0.3, 0.4) is 0 Å². The van der Waals surface area contributed by atoms with E-state index in [0.29, 0.717) is 12.1 Å². The molecule has 2 nitrogen and oxygen atoms in total. The fourth-order valence-corrected chi connectivity index (χ4v) is 2.97. The molecular formula is C15H22INO. The molecular weight excluding hydrogens is 337 g/mol. The molecule has 2 atom stereocenters. The summed E-state index contributed by atoms with van der Waals surface area (Å²) in [5, 5.41) is 3.60. The average molecular weight is 359 g/mol. The third-order valence-corrected chi connectivity index (χ3v) is 4.56. The van der Waals surface area contributed by atoms with Gasteiger partial charge < -0.3 is 10.1 Å². The van der Waals surface area contributed by atoms with Crippen LogP contribution in [-0.2, 0) is 0 Å². The minimum atomic E-state index is 0.219. The highest BCUT2D eigenvalue weighted by Gasteiger charge is 2.49. The van der Waals surface area contributed by atoms with E-state index in [1.165, 1.54) is 9.99 Å². The van der Waals surface area contributed by atoms with E-state index in [9.17, 15) is 0 Å². The van der Waals surface area contributed by atoms with Crippen LogP contribution in [0.4, 0.5) is 0 Å². The molecule has 18 heavy (non-hydrogen) atoms. The third kappa shape index (κ3) is 2.99. The monoisotopic (exact) mass is 359 g/mol. The van der Waals surface area contributed by atoms with Gasteiger partial charge in [0.15, 0.2) is 0 Å². The van der Waals surface area contributed by atoms with Gasteiger partial charge in [0.05, 0.1) is 0 Å². The summed E-state index contributed by atoms with van der Waals surface area (Å²) >= 11 is 2.32. The summed E-state index contributed by atoms with van der Waals surface area (Å²) in [6.07, 6.45) is 2.62. The molecule has 0 saturated heterocycles.